The van der Waals surface area contributed by atoms with Crippen LogP contribution in [-0.4, -0.2) is 4.57 Å². The molecule has 1 rings (SSSR count). The Kier molecular flexibility index (Phi) is 28.6. The summed E-state index contributed by atoms with van der Waals surface area (Å²) in [6.07, 6.45) is 48.9. The van der Waals surface area contributed by atoms with E-state index in [-0.39, 0.29) is 0 Å². The van der Waals surface area contributed by atoms with E-state index in [0.29, 0.717) is 0 Å². The van der Waals surface area contributed by atoms with E-state index in [0.717, 1.165) is 0 Å². The van der Waals surface area contributed by atoms with Gasteiger partial charge in [0.25, 0.3) is 5.82 Å². The van der Waals surface area contributed by atoms with Gasteiger partial charge < -0.3 is 0 Å². The van der Waals surface area contributed by atoms with Crippen molar-refractivity contribution in [3.63, 3.8) is 0 Å². The normalized spacial score (nSPS) is 11.6. The molecule has 1 aromatic rings. The van der Waals surface area contributed by atoms with E-state index in [9.17, 15) is 0 Å². The highest BCUT2D eigenvalue weighted by Crippen LogP contribution is 2.15. The molecular formula is C39H77N2+. The second-order valence-electron chi connectivity index (χ2n) is 13.4. The minimum Gasteiger partial charge on any atom is -0.234 e. The zero-order valence-corrected chi connectivity index (χ0v) is 28.9. The molecule has 2 nitrogen and oxygen atoms in total. The summed E-state index contributed by atoms with van der Waals surface area (Å²) < 4.78 is 5.25. The van der Waals surface area contributed by atoms with Gasteiger partial charge in [0.15, 0.2) is 0 Å². The van der Waals surface area contributed by atoms with Crippen molar-refractivity contribution in [3.05, 3.63) is 18.2 Å². The van der Waals surface area contributed by atoms with Crippen LogP contribution in [0.25, 0.3) is 0 Å². The maximum atomic E-state index is 2.63. The molecule has 0 fully saturated rings. The van der Waals surface area contributed by atoms with Gasteiger partial charge in [-0.15, -0.1) is 0 Å². The summed E-state index contributed by atoms with van der Waals surface area (Å²) in [7, 11) is 0. The highest BCUT2D eigenvalue weighted by molar-refractivity contribution is 4.84. The third kappa shape index (κ3) is 23.4. The first-order chi connectivity index (χ1) is 20.3. The van der Waals surface area contributed by atoms with Gasteiger partial charge in [-0.25, -0.2) is 9.13 Å². The van der Waals surface area contributed by atoms with Gasteiger partial charge in [0, 0.05) is 6.42 Å². The molecule has 0 saturated carbocycles. The Morgan fingerprint density at radius 1 is 0.415 bits per heavy atom. The van der Waals surface area contributed by atoms with Gasteiger partial charge >= 0.3 is 0 Å². The lowest BCUT2D eigenvalue weighted by Gasteiger charge is -2.07. The average molecular weight is 574 g/mol. The predicted octanol–water partition coefficient (Wildman–Crippen LogP) is 13.1. The fourth-order valence-electron chi connectivity index (χ4n) is 6.50. The van der Waals surface area contributed by atoms with Crippen molar-refractivity contribution < 1.29 is 4.57 Å². The van der Waals surface area contributed by atoms with E-state index < -0.39 is 0 Å². The monoisotopic (exact) mass is 574 g/mol. The Labute approximate surface area is 259 Å². The van der Waals surface area contributed by atoms with E-state index in [1.54, 1.807) is 5.82 Å². The Morgan fingerprint density at radius 3 is 1.17 bits per heavy atom. The van der Waals surface area contributed by atoms with E-state index in [1.165, 1.54) is 212 Å². The molecule has 0 spiro atoms. The zero-order valence-electron chi connectivity index (χ0n) is 28.9. The van der Waals surface area contributed by atoms with Crippen molar-refractivity contribution in [2.75, 3.05) is 0 Å². The Hall–Kier alpha value is -0.790. The first kappa shape index (κ1) is 38.2. The molecule has 2 heteroatoms. The lowest BCUT2D eigenvalue weighted by molar-refractivity contribution is -0.704. The van der Waals surface area contributed by atoms with Gasteiger partial charge in [-0.1, -0.05) is 181 Å². The first-order valence-corrected chi connectivity index (χ1v) is 19.4. The minimum atomic E-state index is 1.23. The number of unbranched alkanes of at least 4 members (excludes halogenated alkanes) is 27. The summed E-state index contributed by atoms with van der Waals surface area (Å²) in [5, 5.41) is 0. The molecule has 242 valence electrons. The van der Waals surface area contributed by atoms with Crippen LogP contribution >= 0.6 is 0 Å². The Bertz CT molecular complexity index is 634. The molecule has 0 aliphatic carbocycles. The van der Waals surface area contributed by atoms with E-state index >= 15 is 0 Å². The quantitative estimate of drug-likeness (QED) is 0.0584. The number of imidazole rings is 1. The van der Waals surface area contributed by atoms with E-state index in [4.69, 9.17) is 0 Å². The van der Waals surface area contributed by atoms with Crippen molar-refractivity contribution in [1.82, 2.24) is 4.57 Å². The maximum absolute atomic E-state index is 2.63. The van der Waals surface area contributed by atoms with Gasteiger partial charge in [0.2, 0.25) is 0 Å². The summed E-state index contributed by atoms with van der Waals surface area (Å²) >= 11 is 0. The fourth-order valence-corrected chi connectivity index (χ4v) is 6.50. The summed E-state index contributed by atoms with van der Waals surface area (Å²) in [4.78, 5) is 0. The van der Waals surface area contributed by atoms with Gasteiger partial charge in [0.1, 0.15) is 12.4 Å². The standard InChI is InChI=1S/C39H77N2/c1-4-7-10-13-16-18-20-21-22-23-24-26-28-31-34-39-40(35-32-29-15-12-9-6-3)37-38-41(39)36-33-30-27-25-19-17-14-11-8-5-2/h37-38H,4-36H2,1-3H3/q+1. The number of aromatic nitrogens is 2. The van der Waals surface area contributed by atoms with Crippen LogP contribution in [0.1, 0.15) is 219 Å². The van der Waals surface area contributed by atoms with Gasteiger partial charge in [-0.05, 0) is 32.1 Å². The number of hydrogen-bond donors (Lipinski definition) is 0. The first-order valence-electron chi connectivity index (χ1n) is 19.4. The topological polar surface area (TPSA) is 8.81 Å². The van der Waals surface area contributed by atoms with Gasteiger partial charge in [-0.2, -0.15) is 0 Å². The molecule has 0 atom stereocenters. The molecule has 0 radical (unpaired) electrons. The van der Waals surface area contributed by atoms with Gasteiger partial charge in [0.05, 0.1) is 13.1 Å². The Morgan fingerprint density at radius 2 is 0.756 bits per heavy atom. The molecule has 41 heavy (non-hydrogen) atoms. The second-order valence-corrected chi connectivity index (χ2v) is 13.4. The van der Waals surface area contributed by atoms with Crippen molar-refractivity contribution in [2.24, 2.45) is 0 Å². The summed E-state index contributed by atoms with van der Waals surface area (Å²) in [5.41, 5.74) is 0. The lowest BCUT2D eigenvalue weighted by Crippen LogP contribution is -2.37. The molecular weight excluding hydrogens is 496 g/mol. The van der Waals surface area contributed by atoms with Crippen molar-refractivity contribution in [3.8, 4) is 0 Å². The van der Waals surface area contributed by atoms with Crippen molar-refractivity contribution >= 4 is 0 Å². The second kappa shape index (κ2) is 30.7. The van der Waals surface area contributed by atoms with Crippen LogP contribution in [0.5, 0.6) is 0 Å². The molecule has 1 aromatic heterocycles. The summed E-state index contributed by atoms with van der Waals surface area (Å²) in [5.74, 6) is 1.62. The van der Waals surface area contributed by atoms with E-state index in [1.807, 2.05) is 0 Å². The lowest BCUT2D eigenvalue weighted by atomic mass is 10.0. The van der Waals surface area contributed by atoms with Crippen LogP contribution in [0.4, 0.5) is 0 Å². The largest absolute Gasteiger partial charge is 0.256 e. The summed E-state index contributed by atoms with van der Waals surface area (Å²) in [6, 6.07) is 0. The molecule has 0 aliphatic rings. The third-order valence-corrected chi connectivity index (χ3v) is 9.35. The molecule has 1 heterocycles. The smallest absolute Gasteiger partial charge is 0.234 e. The van der Waals surface area contributed by atoms with Crippen LogP contribution in [0.15, 0.2) is 12.4 Å². The highest BCUT2D eigenvalue weighted by Gasteiger charge is 2.16. The summed E-state index contributed by atoms with van der Waals surface area (Å²) in [6.45, 7) is 9.40. The third-order valence-electron chi connectivity index (χ3n) is 9.35. The minimum absolute atomic E-state index is 1.23. The Balaban J connectivity index is 2.25. The van der Waals surface area contributed by atoms with Gasteiger partial charge in [-0.3, -0.25) is 0 Å². The zero-order chi connectivity index (χ0) is 29.5. The number of hydrogen-bond acceptors (Lipinski definition) is 0. The number of aryl methyl sites for hydroxylation is 2. The molecule has 0 N–H and O–H groups in total. The molecule has 0 unspecified atom stereocenters. The fraction of sp³-hybridized carbons (Fsp3) is 0.923. The SMILES string of the molecule is CCCCCCCCCCCCCCCCc1n(CCCCCCCC)cc[n+]1CCCCCCCCCCCC. The molecule has 0 aliphatic heterocycles. The van der Waals surface area contributed by atoms with Crippen molar-refractivity contribution in [2.45, 2.75) is 233 Å². The van der Waals surface area contributed by atoms with Crippen LogP contribution in [0.3, 0.4) is 0 Å². The van der Waals surface area contributed by atoms with Crippen molar-refractivity contribution in [1.29, 1.82) is 0 Å². The van der Waals surface area contributed by atoms with Crippen LogP contribution in [-0.2, 0) is 19.5 Å². The highest BCUT2D eigenvalue weighted by atomic mass is 15.1. The average Bonchev–Trinajstić information content (AvgIpc) is 3.37. The maximum Gasteiger partial charge on any atom is 0.256 e. The van der Waals surface area contributed by atoms with E-state index in [2.05, 4.69) is 42.3 Å². The molecule has 0 bridgehead atoms. The number of rotatable bonds is 33. The molecule has 0 aromatic carbocycles. The molecule has 0 amide bonds. The van der Waals surface area contributed by atoms with Crippen LogP contribution in [0.2, 0.25) is 0 Å². The number of nitrogens with zero attached hydrogens (tertiary/aromatic N) is 2. The predicted molar refractivity (Wildman–Crippen MR) is 184 cm³/mol. The van der Waals surface area contributed by atoms with Crippen LogP contribution in [0, 0.1) is 0 Å². The van der Waals surface area contributed by atoms with Crippen LogP contribution < -0.4 is 4.57 Å². The molecule has 0 saturated heterocycles.